The second-order valence-corrected chi connectivity index (χ2v) is 6.05. The molecular formula is C19H25NO. The van der Waals surface area contributed by atoms with E-state index in [1.807, 2.05) is 6.07 Å². The van der Waals surface area contributed by atoms with Crippen molar-refractivity contribution in [1.29, 1.82) is 0 Å². The highest BCUT2D eigenvalue weighted by Gasteiger charge is 2.17. The number of ether oxygens (including phenoxy) is 1. The van der Waals surface area contributed by atoms with E-state index in [1.54, 1.807) is 7.11 Å². The average molecular weight is 283 g/mol. The van der Waals surface area contributed by atoms with Crippen LogP contribution in [0.25, 0.3) is 11.1 Å². The van der Waals surface area contributed by atoms with Gasteiger partial charge >= 0.3 is 0 Å². The summed E-state index contributed by atoms with van der Waals surface area (Å²) in [7, 11) is 1.75. The zero-order valence-electron chi connectivity index (χ0n) is 13.4. The number of benzene rings is 2. The monoisotopic (exact) mass is 283 g/mol. The minimum absolute atomic E-state index is 0.141. The second kappa shape index (κ2) is 6.88. The Morgan fingerprint density at radius 2 is 1.52 bits per heavy atom. The molecule has 0 amide bonds. The first-order chi connectivity index (χ1) is 10.0. The quantitative estimate of drug-likeness (QED) is 0.847. The predicted molar refractivity (Wildman–Crippen MR) is 89.4 cm³/mol. The van der Waals surface area contributed by atoms with Gasteiger partial charge in [0.05, 0.1) is 5.60 Å². The molecule has 0 radical (unpaired) electrons. The van der Waals surface area contributed by atoms with Crippen LogP contribution in [-0.2, 0) is 4.74 Å². The third-order valence-electron chi connectivity index (χ3n) is 3.90. The van der Waals surface area contributed by atoms with Crippen LogP contribution in [0.15, 0.2) is 54.6 Å². The molecule has 2 heteroatoms. The summed E-state index contributed by atoms with van der Waals surface area (Å²) in [6, 6.07) is 19.5. The molecule has 0 bridgehead atoms. The Balaban J connectivity index is 2.02. The normalized spacial score (nSPS) is 13.1. The zero-order valence-corrected chi connectivity index (χ0v) is 13.4. The lowest BCUT2D eigenvalue weighted by Crippen LogP contribution is -2.37. The molecule has 0 spiro atoms. The van der Waals surface area contributed by atoms with Crippen molar-refractivity contribution in [1.82, 2.24) is 5.32 Å². The second-order valence-electron chi connectivity index (χ2n) is 6.05. The summed E-state index contributed by atoms with van der Waals surface area (Å²) < 4.78 is 5.44. The van der Waals surface area contributed by atoms with Crippen molar-refractivity contribution < 1.29 is 4.74 Å². The molecule has 2 aromatic rings. The summed E-state index contributed by atoms with van der Waals surface area (Å²) in [5.41, 5.74) is 3.66. The fraction of sp³-hybridized carbons (Fsp3) is 0.368. The van der Waals surface area contributed by atoms with Crippen LogP contribution in [0.4, 0.5) is 0 Å². The SMILES string of the molecule is COC(C)(C)CNC(C)c1ccc(-c2ccccc2)cc1. The van der Waals surface area contributed by atoms with Crippen molar-refractivity contribution in [3.05, 3.63) is 60.2 Å². The summed E-state index contributed by atoms with van der Waals surface area (Å²) in [5, 5.41) is 3.52. The Kier molecular flexibility index (Phi) is 5.16. The molecule has 2 nitrogen and oxygen atoms in total. The van der Waals surface area contributed by atoms with Crippen LogP contribution in [0, 0.1) is 0 Å². The first-order valence-electron chi connectivity index (χ1n) is 7.46. The summed E-state index contributed by atoms with van der Waals surface area (Å²) in [6.45, 7) is 7.19. The first-order valence-corrected chi connectivity index (χ1v) is 7.46. The molecule has 1 atom stereocenters. The van der Waals surface area contributed by atoms with E-state index in [-0.39, 0.29) is 5.60 Å². The molecule has 2 rings (SSSR count). The van der Waals surface area contributed by atoms with Crippen LogP contribution in [0.1, 0.15) is 32.4 Å². The first kappa shape index (κ1) is 15.7. The maximum Gasteiger partial charge on any atom is 0.0746 e. The molecule has 0 aliphatic rings. The van der Waals surface area contributed by atoms with Gasteiger partial charge in [-0.05, 0) is 37.5 Å². The third-order valence-corrected chi connectivity index (χ3v) is 3.90. The number of methoxy groups -OCH3 is 1. The number of rotatable bonds is 6. The molecule has 1 unspecified atom stereocenters. The Hall–Kier alpha value is -1.64. The van der Waals surface area contributed by atoms with Crippen LogP contribution in [0.3, 0.4) is 0 Å². The fourth-order valence-electron chi connectivity index (χ4n) is 2.18. The van der Waals surface area contributed by atoms with Crippen molar-refractivity contribution in [3.63, 3.8) is 0 Å². The average Bonchev–Trinajstić information content (AvgIpc) is 2.54. The highest BCUT2D eigenvalue weighted by molar-refractivity contribution is 5.63. The topological polar surface area (TPSA) is 21.3 Å². The lowest BCUT2D eigenvalue weighted by atomic mass is 10.0. The van der Waals surface area contributed by atoms with E-state index in [0.717, 1.165) is 6.54 Å². The van der Waals surface area contributed by atoms with Crippen LogP contribution in [0.5, 0.6) is 0 Å². The Labute approximate surface area is 128 Å². The molecule has 0 aromatic heterocycles. The van der Waals surface area contributed by atoms with Gasteiger partial charge < -0.3 is 10.1 Å². The Morgan fingerprint density at radius 3 is 2.10 bits per heavy atom. The lowest BCUT2D eigenvalue weighted by molar-refractivity contribution is 0.0214. The Bertz CT molecular complexity index is 546. The maximum absolute atomic E-state index is 5.44. The van der Waals surface area contributed by atoms with Crippen molar-refractivity contribution >= 4 is 0 Å². The van der Waals surface area contributed by atoms with Gasteiger partial charge in [0.2, 0.25) is 0 Å². The van der Waals surface area contributed by atoms with Crippen molar-refractivity contribution in [2.24, 2.45) is 0 Å². The predicted octanol–water partition coefficient (Wildman–Crippen LogP) is 4.43. The highest BCUT2D eigenvalue weighted by Crippen LogP contribution is 2.22. The largest absolute Gasteiger partial charge is 0.377 e. The number of hydrogen-bond donors (Lipinski definition) is 1. The minimum Gasteiger partial charge on any atom is -0.377 e. The lowest BCUT2D eigenvalue weighted by Gasteiger charge is -2.26. The molecule has 0 aliphatic heterocycles. The Morgan fingerprint density at radius 1 is 0.952 bits per heavy atom. The molecule has 112 valence electrons. The number of hydrogen-bond acceptors (Lipinski definition) is 2. The molecule has 21 heavy (non-hydrogen) atoms. The molecule has 0 fully saturated rings. The molecule has 0 aliphatic carbocycles. The maximum atomic E-state index is 5.44. The zero-order chi connectivity index (χ0) is 15.3. The fourth-order valence-corrected chi connectivity index (χ4v) is 2.18. The molecule has 2 aromatic carbocycles. The standard InChI is InChI=1S/C19H25NO/c1-15(20-14-19(2,3)21-4)16-10-12-18(13-11-16)17-8-6-5-7-9-17/h5-13,15,20H,14H2,1-4H3. The van der Waals surface area contributed by atoms with Crippen LogP contribution < -0.4 is 5.32 Å². The van der Waals surface area contributed by atoms with Crippen molar-refractivity contribution in [2.75, 3.05) is 13.7 Å². The van der Waals surface area contributed by atoms with Crippen LogP contribution >= 0.6 is 0 Å². The molecule has 0 saturated carbocycles. The smallest absolute Gasteiger partial charge is 0.0746 e. The summed E-state index contributed by atoms with van der Waals surface area (Å²) >= 11 is 0. The van der Waals surface area contributed by atoms with Gasteiger partial charge in [0.15, 0.2) is 0 Å². The van der Waals surface area contributed by atoms with E-state index in [4.69, 9.17) is 4.74 Å². The van der Waals surface area contributed by atoms with Gasteiger partial charge in [0.1, 0.15) is 0 Å². The van der Waals surface area contributed by atoms with Gasteiger partial charge in [-0.1, -0.05) is 54.6 Å². The van der Waals surface area contributed by atoms with Gasteiger partial charge in [0, 0.05) is 19.7 Å². The molecule has 0 saturated heterocycles. The van der Waals surface area contributed by atoms with E-state index >= 15 is 0 Å². The van der Waals surface area contributed by atoms with Gasteiger partial charge in [-0.15, -0.1) is 0 Å². The van der Waals surface area contributed by atoms with Crippen molar-refractivity contribution in [2.45, 2.75) is 32.4 Å². The van der Waals surface area contributed by atoms with E-state index in [9.17, 15) is 0 Å². The summed E-state index contributed by atoms with van der Waals surface area (Å²) in [4.78, 5) is 0. The van der Waals surface area contributed by atoms with Gasteiger partial charge in [0.25, 0.3) is 0 Å². The van der Waals surface area contributed by atoms with Gasteiger partial charge in [-0.2, -0.15) is 0 Å². The summed E-state index contributed by atoms with van der Waals surface area (Å²) in [5.74, 6) is 0. The van der Waals surface area contributed by atoms with Crippen LogP contribution in [-0.4, -0.2) is 19.3 Å². The minimum atomic E-state index is -0.141. The highest BCUT2D eigenvalue weighted by atomic mass is 16.5. The number of nitrogens with one attached hydrogen (secondary N) is 1. The van der Waals surface area contributed by atoms with E-state index < -0.39 is 0 Å². The van der Waals surface area contributed by atoms with E-state index in [1.165, 1.54) is 16.7 Å². The third kappa shape index (κ3) is 4.42. The molecular weight excluding hydrogens is 258 g/mol. The van der Waals surface area contributed by atoms with E-state index in [2.05, 4.69) is 74.6 Å². The van der Waals surface area contributed by atoms with Gasteiger partial charge in [-0.3, -0.25) is 0 Å². The molecule has 1 N–H and O–H groups in total. The van der Waals surface area contributed by atoms with E-state index in [0.29, 0.717) is 6.04 Å². The van der Waals surface area contributed by atoms with Gasteiger partial charge in [-0.25, -0.2) is 0 Å². The summed E-state index contributed by atoms with van der Waals surface area (Å²) in [6.07, 6.45) is 0. The molecule has 0 heterocycles. The van der Waals surface area contributed by atoms with Crippen molar-refractivity contribution in [3.8, 4) is 11.1 Å². The van der Waals surface area contributed by atoms with Crippen LogP contribution in [0.2, 0.25) is 0 Å².